The van der Waals surface area contributed by atoms with E-state index in [0.29, 0.717) is 11.4 Å². The number of ether oxygens (including phenoxy) is 3. The van der Waals surface area contributed by atoms with Crippen LogP contribution in [0.25, 0.3) is 0 Å². The number of carbonyl (C=O) groups excluding carboxylic acids is 1. The Bertz CT molecular complexity index is 651. The number of aliphatic carboxylic acids is 1. The summed E-state index contributed by atoms with van der Waals surface area (Å²) >= 11 is 0. The molecule has 2 heterocycles. The molecule has 0 saturated carbocycles. The fourth-order valence-corrected chi connectivity index (χ4v) is 2.41. The number of hydrogen-bond donors (Lipinski definition) is 5. The minimum atomic E-state index is -1.85. The zero-order valence-corrected chi connectivity index (χ0v) is 12.1. The van der Waals surface area contributed by atoms with E-state index in [-0.39, 0.29) is 0 Å². The Morgan fingerprint density at radius 3 is 2.54 bits per heavy atom. The second-order valence-electron chi connectivity index (χ2n) is 5.31. The maximum absolute atomic E-state index is 12.0. The SMILES string of the molecule is O=C1Nc2ccccc2O[C@@H]1O[C@@H]1O[C@H](C(=O)O)[C@@H](O)[C@H](O)[C@H]1O. The third-order valence-corrected chi connectivity index (χ3v) is 3.66. The van der Waals surface area contributed by atoms with Crippen LogP contribution in [0.2, 0.25) is 0 Å². The molecule has 1 aromatic carbocycles. The van der Waals surface area contributed by atoms with E-state index in [9.17, 15) is 24.9 Å². The van der Waals surface area contributed by atoms with Crippen molar-refractivity contribution < 1.29 is 44.2 Å². The van der Waals surface area contributed by atoms with Gasteiger partial charge in [0.15, 0.2) is 12.4 Å². The number of carbonyl (C=O) groups is 2. The highest BCUT2D eigenvalue weighted by molar-refractivity contribution is 5.96. The molecule has 0 radical (unpaired) electrons. The van der Waals surface area contributed by atoms with Crippen molar-refractivity contribution in [1.82, 2.24) is 0 Å². The van der Waals surface area contributed by atoms with Crippen LogP contribution < -0.4 is 10.1 Å². The molecule has 1 saturated heterocycles. The normalized spacial score (nSPS) is 35.5. The van der Waals surface area contributed by atoms with Crippen molar-refractivity contribution in [3.05, 3.63) is 24.3 Å². The molecule has 0 spiro atoms. The van der Waals surface area contributed by atoms with Crippen molar-refractivity contribution in [2.45, 2.75) is 37.0 Å². The molecular formula is C14H15NO9. The van der Waals surface area contributed by atoms with Crippen LogP contribution in [0.15, 0.2) is 24.3 Å². The van der Waals surface area contributed by atoms with Gasteiger partial charge >= 0.3 is 5.97 Å². The van der Waals surface area contributed by atoms with Crippen molar-refractivity contribution >= 4 is 17.6 Å². The molecule has 0 unspecified atom stereocenters. The van der Waals surface area contributed by atoms with Gasteiger partial charge in [-0.3, -0.25) is 4.79 Å². The van der Waals surface area contributed by atoms with Gasteiger partial charge in [-0.2, -0.15) is 0 Å². The number of aliphatic hydroxyl groups excluding tert-OH is 3. The Kier molecular flexibility index (Phi) is 4.39. The second-order valence-corrected chi connectivity index (χ2v) is 5.31. The topological polar surface area (TPSA) is 155 Å². The number of para-hydroxylation sites is 2. The number of rotatable bonds is 3. The highest BCUT2D eigenvalue weighted by Gasteiger charge is 2.49. The average Bonchev–Trinajstić information content (AvgIpc) is 2.55. The molecule has 1 aromatic rings. The summed E-state index contributed by atoms with van der Waals surface area (Å²) in [5.74, 6) is -1.94. The van der Waals surface area contributed by atoms with E-state index < -0.39 is 48.9 Å². The lowest BCUT2D eigenvalue weighted by atomic mass is 9.99. The smallest absolute Gasteiger partial charge is 0.335 e. The second kappa shape index (κ2) is 6.34. The standard InChI is InChI=1S/C14H15NO9/c16-7-8(17)10(12(20)21)23-13(9(7)18)24-14-11(19)15-5-3-1-2-4-6(5)22-14/h1-4,7-10,13-14,16-18H,(H,15,19)(H,20,21)/t7-,8-,9+,10-,13-,14+/m0/s1. The van der Waals surface area contributed by atoms with E-state index in [0.717, 1.165) is 0 Å². The van der Waals surface area contributed by atoms with Gasteiger partial charge in [-0.25, -0.2) is 4.79 Å². The molecule has 2 aliphatic heterocycles. The summed E-state index contributed by atoms with van der Waals surface area (Å²) in [6.07, 6.45) is -10.5. The van der Waals surface area contributed by atoms with Crippen LogP contribution in [0.1, 0.15) is 0 Å². The van der Waals surface area contributed by atoms with Gasteiger partial charge in [0, 0.05) is 0 Å². The summed E-state index contributed by atoms with van der Waals surface area (Å²) in [7, 11) is 0. The fourth-order valence-electron chi connectivity index (χ4n) is 2.41. The van der Waals surface area contributed by atoms with Gasteiger partial charge in [0.25, 0.3) is 12.2 Å². The van der Waals surface area contributed by atoms with Crippen LogP contribution in [0.5, 0.6) is 5.75 Å². The molecule has 10 nitrogen and oxygen atoms in total. The monoisotopic (exact) mass is 341 g/mol. The lowest BCUT2D eigenvalue weighted by Crippen LogP contribution is -2.61. The van der Waals surface area contributed by atoms with Gasteiger partial charge in [-0.15, -0.1) is 0 Å². The van der Waals surface area contributed by atoms with Gasteiger partial charge in [-0.05, 0) is 12.1 Å². The molecule has 0 bridgehead atoms. The molecule has 0 aromatic heterocycles. The first kappa shape index (κ1) is 16.6. The Balaban J connectivity index is 1.75. The summed E-state index contributed by atoms with van der Waals surface area (Å²) < 4.78 is 15.4. The average molecular weight is 341 g/mol. The third kappa shape index (κ3) is 2.92. The zero-order valence-electron chi connectivity index (χ0n) is 12.1. The first-order valence-electron chi connectivity index (χ1n) is 7.03. The number of fused-ring (bicyclic) bond motifs is 1. The van der Waals surface area contributed by atoms with Gasteiger partial charge in [0.05, 0.1) is 5.69 Å². The molecule has 0 aliphatic carbocycles. The van der Waals surface area contributed by atoms with Gasteiger partial charge in [0.1, 0.15) is 24.1 Å². The van der Waals surface area contributed by atoms with E-state index in [4.69, 9.17) is 19.3 Å². The van der Waals surface area contributed by atoms with Crippen molar-refractivity contribution in [1.29, 1.82) is 0 Å². The number of carboxylic acids is 1. The number of aliphatic hydroxyl groups is 3. The summed E-state index contributed by atoms with van der Waals surface area (Å²) in [6.45, 7) is 0. The number of amides is 1. The number of hydrogen-bond acceptors (Lipinski definition) is 8. The summed E-state index contributed by atoms with van der Waals surface area (Å²) in [4.78, 5) is 23.0. The molecule has 10 heteroatoms. The van der Waals surface area contributed by atoms with E-state index >= 15 is 0 Å². The van der Waals surface area contributed by atoms with Crippen LogP contribution in [0, 0.1) is 0 Å². The number of carboxylic acid groups (broad SMARTS) is 1. The van der Waals surface area contributed by atoms with E-state index in [1.165, 1.54) is 0 Å². The van der Waals surface area contributed by atoms with E-state index in [1.807, 2.05) is 0 Å². The molecule has 24 heavy (non-hydrogen) atoms. The van der Waals surface area contributed by atoms with E-state index in [2.05, 4.69) is 5.32 Å². The molecular weight excluding hydrogens is 326 g/mol. The summed E-state index contributed by atoms with van der Waals surface area (Å²) in [6, 6.07) is 6.53. The van der Waals surface area contributed by atoms with Crippen LogP contribution in [0.3, 0.4) is 0 Å². The predicted octanol–water partition coefficient (Wildman–Crippen LogP) is -1.75. The first-order valence-corrected chi connectivity index (χ1v) is 7.03. The number of benzene rings is 1. The fraction of sp³-hybridized carbons (Fsp3) is 0.429. The quantitative estimate of drug-likeness (QED) is 0.430. The lowest BCUT2D eigenvalue weighted by molar-refractivity contribution is -0.316. The first-order chi connectivity index (χ1) is 11.4. The number of anilines is 1. The molecule has 130 valence electrons. The van der Waals surface area contributed by atoms with Gasteiger partial charge < -0.3 is 40.0 Å². The highest BCUT2D eigenvalue weighted by atomic mass is 16.8. The van der Waals surface area contributed by atoms with Crippen LogP contribution in [-0.2, 0) is 19.1 Å². The maximum atomic E-state index is 12.0. The molecule has 3 rings (SSSR count). The Morgan fingerprint density at radius 2 is 1.83 bits per heavy atom. The summed E-state index contributed by atoms with van der Waals surface area (Å²) in [5.41, 5.74) is 0.423. The highest BCUT2D eigenvalue weighted by Crippen LogP contribution is 2.31. The largest absolute Gasteiger partial charge is 0.479 e. The van der Waals surface area contributed by atoms with Gasteiger partial charge in [0.2, 0.25) is 0 Å². The summed E-state index contributed by atoms with van der Waals surface area (Å²) in [5, 5.41) is 40.7. The molecule has 2 aliphatic rings. The third-order valence-electron chi connectivity index (χ3n) is 3.66. The molecule has 6 atom stereocenters. The Labute approximate surface area is 135 Å². The lowest BCUT2D eigenvalue weighted by Gasteiger charge is -2.39. The van der Waals surface area contributed by atoms with Crippen LogP contribution in [0.4, 0.5) is 5.69 Å². The Morgan fingerprint density at radius 1 is 1.12 bits per heavy atom. The van der Waals surface area contributed by atoms with Crippen molar-refractivity contribution in [3.63, 3.8) is 0 Å². The van der Waals surface area contributed by atoms with Crippen LogP contribution in [-0.4, -0.2) is 69.3 Å². The molecule has 1 amide bonds. The molecule has 1 fully saturated rings. The maximum Gasteiger partial charge on any atom is 0.335 e. The van der Waals surface area contributed by atoms with E-state index in [1.54, 1.807) is 24.3 Å². The van der Waals surface area contributed by atoms with Crippen molar-refractivity contribution in [2.75, 3.05) is 5.32 Å². The van der Waals surface area contributed by atoms with Gasteiger partial charge in [-0.1, -0.05) is 12.1 Å². The van der Waals surface area contributed by atoms with Crippen LogP contribution >= 0.6 is 0 Å². The molecule has 5 N–H and O–H groups in total. The van der Waals surface area contributed by atoms with Crippen molar-refractivity contribution in [2.24, 2.45) is 0 Å². The number of nitrogens with one attached hydrogen (secondary N) is 1. The Hall–Kier alpha value is -2.24. The minimum Gasteiger partial charge on any atom is -0.479 e. The van der Waals surface area contributed by atoms with Crippen molar-refractivity contribution in [3.8, 4) is 5.75 Å². The minimum absolute atomic E-state index is 0.308. The predicted molar refractivity (Wildman–Crippen MR) is 74.9 cm³/mol. The zero-order chi connectivity index (χ0) is 17.4.